The summed E-state index contributed by atoms with van der Waals surface area (Å²) in [5, 5.41) is 9.43. The van der Waals surface area contributed by atoms with Crippen molar-refractivity contribution in [2.45, 2.75) is 50.1 Å². The molecule has 4 rings (SSSR count). The van der Waals surface area contributed by atoms with Gasteiger partial charge in [-0.25, -0.2) is 0 Å². The molecule has 3 saturated heterocycles. The van der Waals surface area contributed by atoms with Crippen LogP contribution in [0.15, 0.2) is 18.3 Å². The van der Waals surface area contributed by atoms with Crippen LogP contribution >= 0.6 is 12.2 Å². The van der Waals surface area contributed by atoms with E-state index in [0.29, 0.717) is 30.4 Å². The zero-order chi connectivity index (χ0) is 19.9. The van der Waals surface area contributed by atoms with Gasteiger partial charge in [0.25, 0.3) is 0 Å². The first kappa shape index (κ1) is 19.5. The molecule has 0 saturated carbocycles. The number of pyridine rings is 1. The fourth-order valence-corrected chi connectivity index (χ4v) is 4.70. The molecule has 6 nitrogen and oxygen atoms in total. The molecule has 0 bridgehead atoms. The van der Waals surface area contributed by atoms with Gasteiger partial charge in [-0.05, 0) is 56.2 Å². The normalized spacial score (nSPS) is 30.9. The summed E-state index contributed by atoms with van der Waals surface area (Å²) in [6.45, 7) is 1.39. The first-order valence-corrected chi connectivity index (χ1v) is 9.84. The molecule has 0 radical (unpaired) electrons. The molecule has 1 amide bonds. The third kappa shape index (κ3) is 3.72. The van der Waals surface area contributed by atoms with E-state index in [1.165, 1.54) is 0 Å². The highest BCUT2D eigenvalue weighted by Gasteiger charge is 2.44. The van der Waals surface area contributed by atoms with Crippen molar-refractivity contribution in [3.63, 3.8) is 0 Å². The van der Waals surface area contributed by atoms with Crippen molar-refractivity contribution in [1.82, 2.24) is 25.8 Å². The van der Waals surface area contributed by atoms with E-state index >= 15 is 0 Å². The molecule has 1 aromatic heterocycles. The van der Waals surface area contributed by atoms with Crippen LogP contribution in [-0.2, 0) is 11.3 Å². The van der Waals surface area contributed by atoms with Gasteiger partial charge in [0.15, 0.2) is 5.11 Å². The smallest absolute Gasteiger partial charge is 0.338 e. The molecule has 28 heavy (non-hydrogen) atoms. The van der Waals surface area contributed by atoms with Gasteiger partial charge in [0.05, 0.1) is 24.2 Å². The second-order valence-corrected chi connectivity index (χ2v) is 7.91. The van der Waals surface area contributed by atoms with Gasteiger partial charge in [-0.3, -0.25) is 9.78 Å². The Labute approximate surface area is 166 Å². The molecular weight excluding hydrogens is 391 g/mol. The van der Waals surface area contributed by atoms with Crippen LogP contribution in [0.25, 0.3) is 0 Å². The Balaban J connectivity index is 1.56. The van der Waals surface area contributed by atoms with Gasteiger partial charge < -0.3 is 20.9 Å². The standard InChI is InChI=1S/C18H22F3N5OS/c19-18(20,21)10-3-6-23-12(8-10)11-2-1-5-22-13(11)9-26-14-4-7-24-15(14)16(27)25-17(26)28/h1-2,5,10,12,14-15,23-24H,3-4,6-9H2,(H,25,27,28)/t10-,12+,14?,15?/m0/s1. The number of rotatable bonds is 3. The Morgan fingerprint density at radius 2 is 2.04 bits per heavy atom. The Kier molecular flexibility index (Phi) is 5.28. The predicted octanol–water partition coefficient (Wildman–Crippen LogP) is 1.63. The number of thiocarbonyl (C=S) groups is 1. The zero-order valence-electron chi connectivity index (χ0n) is 15.1. The summed E-state index contributed by atoms with van der Waals surface area (Å²) in [5.74, 6) is -1.45. The third-order valence-corrected chi connectivity index (χ3v) is 6.19. The lowest BCUT2D eigenvalue weighted by atomic mass is 9.87. The van der Waals surface area contributed by atoms with Gasteiger partial charge in [0, 0.05) is 12.2 Å². The number of carbonyl (C=O) groups is 1. The van der Waals surface area contributed by atoms with Crippen molar-refractivity contribution in [2.24, 2.45) is 5.92 Å². The number of fused-ring (bicyclic) bond motifs is 1. The lowest BCUT2D eigenvalue weighted by Gasteiger charge is -2.39. The maximum Gasteiger partial charge on any atom is 0.391 e. The number of hydrogen-bond donors (Lipinski definition) is 3. The van der Waals surface area contributed by atoms with Crippen molar-refractivity contribution in [3.05, 3.63) is 29.6 Å². The summed E-state index contributed by atoms with van der Waals surface area (Å²) in [6, 6.07) is 2.76. The van der Waals surface area contributed by atoms with Crippen LogP contribution in [0.3, 0.4) is 0 Å². The molecule has 0 aromatic carbocycles. The monoisotopic (exact) mass is 413 g/mol. The number of piperidine rings is 1. The average molecular weight is 413 g/mol. The van der Waals surface area contributed by atoms with Gasteiger partial charge >= 0.3 is 6.18 Å². The SMILES string of the molecule is O=C1NC(=S)N(Cc2ncccc2[C@H]2C[C@@H](C(F)(F)F)CCN2)C2CCNC12. The van der Waals surface area contributed by atoms with Gasteiger partial charge in [-0.1, -0.05) is 6.07 Å². The van der Waals surface area contributed by atoms with E-state index in [1.54, 1.807) is 12.3 Å². The third-order valence-electron chi connectivity index (χ3n) is 5.85. The van der Waals surface area contributed by atoms with Crippen LogP contribution in [-0.4, -0.2) is 52.3 Å². The fraction of sp³-hybridized carbons (Fsp3) is 0.611. The van der Waals surface area contributed by atoms with Crippen LogP contribution in [0.1, 0.15) is 36.6 Å². The van der Waals surface area contributed by atoms with Crippen LogP contribution in [0.2, 0.25) is 0 Å². The van der Waals surface area contributed by atoms with E-state index in [2.05, 4.69) is 20.9 Å². The minimum atomic E-state index is -4.19. The number of halogens is 3. The quantitative estimate of drug-likeness (QED) is 0.655. The van der Waals surface area contributed by atoms with E-state index in [-0.39, 0.29) is 30.8 Å². The van der Waals surface area contributed by atoms with Gasteiger partial charge in [-0.15, -0.1) is 0 Å². The van der Waals surface area contributed by atoms with Crippen LogP contribution < -0.4 is 16.0 Å². The second kappa shape index (κ2) is 7.57. The number of alkyl halides is 3. The first-order valence-electron chi connectivity index (χ1n) is 9.43. The Morgan fingerprint density at radius 1 is 1.25 bits per heavy atom. The van der Waals surface area contributed by atoms with E-state index in [4.69, 9.17) is 12.2 Å². The molecule has 0 spiro atoms. The molecule has 10 heteroatoms. The number of hydrogen-bond acceptors (Lipinski definition) is 5. The molecule has 152 valence electrons. The molecule has 3 N–H and O–H groups in total. The van der Waals surface area contributed by atoms with E-state index in [1.807, 2.05) is 11.0 Å². The number of carbonyl (C=O) groups excluding carboxylic acids is 1. The van der Waals surface area contributed by atoms with Gasteiger partial charge in [0.1, 0.15) is 6.04 Å². The Hall–Kier alpha value is -1.78. The molecule has 4 heterocycles. The van der Waals surface area contributed by atoms with E-state index in [0.717, 1.165) is 12.0 Å². The first-order chi connectivity index (χ1) is 13.3. The predicted molar refractivity (Wildman–Crippen MR) is 100 cm³/mol. The van der Waals surface area contributed by atoms with Gasteiger partial charge in [0.2, 0.25) is 5.91 Å². The number of aromatic nitrogens is 1. The molecule has 3 aliphatic heterocycles. The molecule has 3 aliphatic rings. The summed E-state index contributed by atoms with van der Waals surface area (Å²) in [4.78, 5) is 18.5. The molecule has 1 aromatic rings. The lowest BCUT2D eigenvalue weighted by molar-refractivity contribution is -0.183. The average Bonchev–Trinajstić information content (AvgIpc) is 3.15. The van der Waals surface area contributed by atoms with E-state index < -0.39 is 18.1 Å². The summed E-state index contributed by atoms with van der Waals surface area (Å²) in [5.41, 5.74) is 1.45. The fourth-order valence-electron chi connectivity index (χ4n) is 4.40. The van der Waals surface area contributed by atoms with Crippen LogP contribution in [0.5, 0.6) is 0 Å². The van der Waals surface area contributed by atoms with Crippen molar-refractivity contribution < 1.29 is 18.0 Å². The van der Waals surface area contributed by atoms with Crippen LogP contribution in [0, 0.1) is 5.92 Å². The lowest BCUT2D eigenvalue weighted by Crippen LogP contribution is -2.63. The van der Waals surface area contributed by atoms with Crippen molar-refractivity contribution in [2.75, 3.05) is 13.1 Å². The topological polar surface area (TPSA) is 69.3 Å². The highest BCUT2D eigenvalue weighted by molar-refractivity contribution is 7.80. The maximum absolute atomic E-state index is 13.2. The number of nitrogens with zero attached hydrogens (tertiary/aromatic N) is 2. The minimum Gasteiger partial charge on any atom is -0.338 e. The van der Waals surface area contributed by atoms with Crippen LogP contribution in [0.4, 0.5) is 13.2 Å². The number of nitrogens with one attached hydrogen (secondary N) is 3. The molecular formula is C18H22F3N5OS. The molecule has 2 unspecified atom stereocenters. The Bertz CT molecular complexity index is 774. The largest absolute Gasteiger partial charge is 0.391 e. The highest BCUT2D eigenvalue weighted by atomic mass is 32.1. The van der Waals surface area contributed by atoms with Crippen molar-refractivity contribution in [1.29, 1.82) is 0 Å². The summed E-state index contributed by atoms with van der Waals surface area (Å²) in [6.07, 6.45) is -1.69. The Morgan fingerprint density at radius 3 is 2.82 bits per heavy atom. The van der Waals surface area contributed by atoms with Crippen molar-refractivity contribution in [3.8, 4) is 0 Å². The summed E-state index contributed by atoms with van der Waals surface area (Å²) >= 11 is 5.37. The molecule has 4 atom stereocenters. The molecule has 3 fully saturated rings. The second-order valence-electron chi connectivity index (χ2n) is 7.52. The maximum atomic E-state index is 13.2. The van der Waals surface area contributed by atoms with Gasteiger partial charge in [-0.2, -0.15) is 13.2 Å². The minimum absolute atomic E-state index is 0.00299. The van der Waals surface area contributed by atoms with E-state index in [9.17, 15) is 18.0 Å². The molecule has 0 aliphatic carbocycles. The highest BCUT2D eigenvalue weighted by Crippen LogP contribution is 2.39. The zero-order valence-corrected chi connectivity index (χ0v) is 15.9. The summed E-state index contributed by atoms with van der Waals surface area (Å²) in [7, 11) is 0. The van der Waals surface area contributed by atoms with Crippen molar-refractivity contribution >= 4 is 23.2 Å². The summed E-state index contributed by atoms with van der Waals surface area (Å²) < 4.78 is 39.7. The number of amides is 1.